The summed E-state index contributed by atoms with van der Waals surface area (Å²) in [5.41, 5.74) is 1.66. The monoisotopic (exact) mass is 340 g/mol. The summed E-state index contributed by atoms with van der Waals surface area (Å²) in [6.45, 7) is 5.26. The summed E-state index contributed by atoms with van der Waals surface area (Å²) in [5.74, 6) is 1.60. The first-order chi connectivity index (χ1) is 12.3. The summed E-state index contributed by atoms with van der Waals surface area (Å²) in [6.07, 6.45) is 2.51. The van der Waals surface area contributed by atoms with E-state index < -0.39 is 0 Å². The molecule has 6 heteroatoms. The first-order valence-electron chi connectivity index (χ1n) is 8.43. The summed E-state index contributed by atoms with van der Waals surface area (Å²) in [5, 5.41) is 15.4. The first-order valence-corrected chi connectivity index (χ1v) is 8.43. The number of hydrogen-bond donors (Lipinski definition) is 2. The highest BCUT2D eigenvalue weighted by Gasteiger charge is 1.99. The van der Waals surface area contributed by atoms with Crippen molar-refractivity contribution in [3.05, 3.63) is 59.5 Å². The molecule has 1 heterocycles. The number of furan rings is 1. The van der Waals surface area contributed by atoms with Crippen LogP contribution in [-0.2, 0) is 17.9 Å². The van der Waals surface area contributed by atoms with Gasteiger partial charge in [0.15, 0.2) is 5.96 Å². The van der Waals surface area contributed by atoms with Gasteiger partial charge in [-0.25, -0.2) is 4.99 Å². The van der Waals surface area contributed by atoms with Crippen molar-refractivity contribution in [2.45, 2.75) is 26.5 Å². The highest BCUT2D eigenvalue weighted by atomic mass is 16.5. The fourth-order valence-corrected chi connectivity index (χ4v) is 2.20. The summed E-state index contributed by atoms with van der Waals surface area (Å²) in [7, 11) is 0. The summed E-state index contributed by atoms with van der Waals surface area (Å²) < 4.78 is 10.8. The second kappa shape index (κ2) is 10.9. The number of guanidine groups is 1. The zero-order chi connectivity index (χ0) is 17.7. The molecule has 0 aliphatic heterocycles. The van der Waals surface area contributed by atoms with E-state index >= 15 is 0 Å². The highest BCUT2D eigenvalue weighted by Crippen LogP contribution is 2.05. The van der Waals surface area contributed by atoms with Crippen LogP contribution in [0, 0.1) is 11.3 Å². The van der Waals surface area contributed by atoms with Crippen molar-refractivity contribution in [1.82, 2.24) is 10.6 Å². The predicted octanol–water partition coefficient (Wildman–Crippen LogP) is 2.81. The molecule has 0 amide bonds. The molecule has 0 fully saturated rings. The molecule has 0 atom stereocenters. The van der Waals surface area contributed by atoms with Gasteiger partial charge in [0.1, 0.15) is 12.4 Å². The molecule has 2 aromatic rings. The van der Waals surface area contributed by atoms with Crippen molar-refractivity contribution in [2.75, 3.05) is 19.7 Å². The minimum absolute atomic E-state index is 0.496. The van der Waals surface area contributed by atoms with E-state index in [1.165, 1.54) is 0 Å². The minimum atomic E-state index is 0.496. The van der Waals surface area contributed by atoms with Crippen LogP contribution in [0.15, 0.2) is 52.1 Å². The van der Waals surface area contributed by atoms with Gasteiger partial charge in [-0.2, -0.15) is 5.26 Å². The summed E-state index contributed by atoms with van der Waals surface area (Å²) in [4.78, 5) is 4.55. The molecule has 0 aliphatic rings. The number of nitrogens with one attached hydrogen (secondary N) is 2. The van der Waals surface area contributed by atoms with Crippen LogP contribution in [-0.4, -0.2) is 25.7 Å². The Morgan fingerprint density at radius 2 is 2.20 bits per heavy atom. The van der Waals surface area contributed by atoms with Crippen LogP contribution in [0.2, 0.25) is 0 Å². The molecule has 2 N–H and O–H groups in total. The maximum Gasteiger partial charge on any atom is 0.191 e. The van der Waals surface area contributed by atoms with E-state index in [4.69, 9.17) is 14.4 Å². The number of rotatable bonds is 9. The van der Waals surface area contributed by atoms with Crippen LogP contribution in [0.3, 0.4) is 0 Å². The van der Waals surface area contributed by atoms with E-state index in [0.717, 1.165) is 36.8 Å². The van der Waals surface area contributed by atoms with Gasteiger partial charge in [-0.15, -0.1) is 0 Å². The molecule has 0 aliphatic carbocycles. The molecular formula is C19H24N4O2. The standard InChI is InChI=1S/C19H24N4O2/c1-2-21-19(23-14-17-7-3-6-16(12-17)13-20)22-9-5-10-24-15-18-8-4-11-25-18/h3-4,6-8,11-12H,2,5,9-10,14-15H2,1H3,(H2,21,22,23). The smallest absolute Gasteiger partial charge is 0.191 e. The maximum absolute atomic E-state index is 8.94. The third kappa shape index (κ3) is 7.10. The van der Waals surface area contributed by atoms with E-state index in [1.54, 1.807) is 12.3 Å². The second-order valence-electron chi connectivity index (χ2n) is 5.42. The Labute approximate surface area is 148 Å². The average Bonchev–Trinajstić information content (AvgIpc) is 3.16. The Balaban J connectivity index is 1.70. The topological polar surface area (TPSA) is 82.6 Å². The van der Waals surface area contributed by atoms with Gasteiger partial charge in [0, 0.05) is 19.7 Å². The number of benzene rings is 1. The highest BCUT2D eigenvalue weighted by molar-refractivity contribution is 5.79. The van der Waals surface area contributed by atoms with Gasteiger partial charge in [-0.1, -0.05) is 12.1 Å². The van der Waals surface area contributed by atoms with E-state index in [2.05, 4.69) is 21.7 Å². The lowest BCUT2D eigenvalue weighted by molar-refractivity contribution is 0.105. The predicted molar refractivity (Wildman–Crippen MR) is 97.0 cm³/mol. The lowest BCUT2D eigenvalue weighted by Gasteiger charge is -2.11. The van der Waals surface area contributed by atoms with Crippen LogP contribution in [0.1, 0.15) is 30.2 Å². The van der Waals surface area contributed by atoms with Crippen molar-refractivity contribution >= 4 is 5.96 Å². The van der Waals surface area contributed by atoms with Gasteiger partial charge in [0.05, 0.1) is 24.4 Å². The zero-order valence-corrected chi connectivity index (χ0v) is 14.5. The van der Waals surface area contributed by atoms with Crippen molar-refractivity contribution in [2.24, 2.45) is 4.99 Å². The van der Waals surface area contributed by atoms with Crippen LogP contribution in [0.25, 0.3) is 0 Å². The summed E-state index contributed by atoms with van der Waals surface area (Å²) >= 11 is 0. The lowest BCUT2D eigenvalue weighted by atomic mass is 10.1. The van der Waals surface area contributed by atoms with Gasteiger partial charge in [0.2, 0.25) is 0 Å². The van der Waals surface area contributed by atoms with E-state index in [9.17, 15) is 0 Å². The molecule has 132 valence electrons. The molecule has 0 bridgehead atoms. The van der Waals surface area contributed by atoms with Gasteiger partial charge in [-0.3, -0.25) is 0 Å². The fraction of sp³-hybridized carbons (Fsp3) is 0.368. The molecule has 0 saturated carbocycles. The van der Waals surface area contributed by atoms with Crippen molar-refractivity contribution in [1.29, 1.82) is 5.26 Å². The van der Waals surface area contributed by atoms with E-state index in [1.807, 2.05) is 37.3 Å². The Morgan fingerprint density at radius 1 is 1.28 bits per heavy atom. The van der Waals surface area contributed by atoms with Gasteiger partial charge >= 0.3 is 0 Å². The number of hydrogen-bond acceptors (Lipinski definition) is 4. The Hall–Kier alpha value is -2.78. The molecule has 0 unspecified atom stereocenters. The normalized spacial score (nSPS) is 11.1. The van der Waals surface area contributed by atoms with Crippen LogP contribution >= 0.6 is 0 Å². The van der Waals surface area contributed by atoms with Gasteiger partial charge < -0.3 is 19.8 Å². The molecule has 2 rings (SSSR count). The minimum Gasteiger partial charge on any atom is -0.467 e. The Kier molecular flexibility index (Phi) is 8.09. The molecule has 1 aromatic carbocycles. The Bertz CT molecular complexity index is 690. The number of nitriles is 1. The largest absolute Gasteiger partial charge is 0.467 e. The molecule has 0 saturated heterocycles. The van der Waals surface area contributed by atoms with Crippen molar-refractivity contribution in [3.63, 3.8) is 0 Å². The van der Waals surface area contributed by atoms with Crippen molar-refractivity contribution in [3.8, 4) is 6.07 Å². The molecular weight excluding hydrogens is 316 g/mol. The average molecular weight is 340 g/mol. The number of nitrogens with zero attached hydrogens (tertiary/aromatic N) is 2. The van der Waals surface area contributed by atoms with Crippen LogP contribution < -0.4 is 10.6 Å². The number of ether oxygens (including phenoxy) is 1. The van der Waals surface area contributed by atoms with E-state index in [-0.39, 0.29) is 0 Å². The first kappa shape index (κ1) is 18.6. The fourth-order valence-electron chi connectivity index (χ4n) is 2.20. The number of aliphatic imine (C=N–C) groups is 1. The third-order valence-electron chi connectivity index (χ3n) is 3.40. The zero-order valence-electron chi connectivity index (χ0n) is 14.5. The van der Waals surface area contributed by atoms with Crippen molar-refractivity contribution < 1.29 is 9.15 Å². The second-order valence-corrected chi connectivity index (χ2v) is 5.42. The van der Waals surface area contributed by atoms with Crippen LogP contribution in [0.4, 0.5) is 0 Å². The maximum atomic E-state index is 8.94. The third-order valence-corrected chi connectivity index (χ3v) is 3.40. The molecule has 25 heavy (non-hydrogen) atoms. The molecule has 0 radical (unpaired) electrons. The van der Waals surface area contributed by atoms with Gasteiger partial charge in [-0.05, 0) is 43.2 Å². The lowest BCUT2D eigenvalue weighted by Crippen LogP contribution is -2.38. The van der Waals surface area contributed by atoms with E-state index in [0.29, 0.717) is 25.3 Å². The molecule has 0 spiro atoms. The quantitative estimate of drug-likeness (QED) is 0.417. The molecule has 6 nitrogen and oxygen atoms in total. The SMILES string of the molecule is CCNC(=NCc1cccc(C#N)c1)NCCCOCc1ccco1. The Morgan fingerprint density at radius 3 is 2.96 bits per heavy atom. The van der Waals surface area contributed by atoms with Crippen LogP contribution in [0.5, 0.6) is 0 Å². The summed E-state index contributed by atoms with van der Waals surface area (Å²) in [6, 6.07) is 13.4. The van der Waals surface area contributed by atoms with Gasteiger partial charge in [0.25, 0.3) is 0 Å². The molecule has 1 aromatic heterocycles.